The molecule has 6 heteroatoms. The van der Waals surface area contributed by atoms with Gasteiger partial charge in [-0.05, 0) is 77.0 Å². The Hall–Kier alpha value is -1.66. The van der Waals surface area contributed by atoms with Crippen LogP contribution in [0.15, 0.2) is 24.3 Å². The minimum atomic E-state index is -0.670. The number of allylic oxidation sites excluding steroid dienone is 4. The van der Waals surface area contributed by atoms with E-state index < -0.39 is 12.1 Å². The fourth-order valence-corrected chi connectivity index (χ4v) is 7.92. The van der Waals surface area contributed by atoms with Crippen molar-refractivity contribution in [1.29, 1.82) is 0 Å². The SMILES string of the molecule is CCCCCC/C=C\CCCCCCCC(=O)OCCCCCCCC/C=C\CCCCCCCCCC(=O)NC(CO)C(O)CCCCCCCCCCCCCC. The van der Waals surface area contributed by atoms with Crippen LogP contribution in [0.1, 0.15) is 277 Å². The minimum Gasteiger partial charge on any atom is -0.466 e. The molecule has 0 aromatic rings. The number of hydrogen-bond acceptors (Lipinski definition) is 5. The number of unbranched alkanes of at least 4 members (excludes halogenated alkanes) is 33. The first-order valence-corrected chi connectivity index (χ1v) is 26.1. The van der Waals surface area contributed by atoms with E-state index in [1.54, 1.807) is 0 Å². The first kappa shape index (κ1) is 57.3. The monoisotopic (exact) mass is 832 g/mol. The lowest BCUT2D eigenvalue weighted by Gasteiger charge is -2.22. The molecule has 0 aromatic heterocycles. The maximum Gasteiger partial charge on any atom is 0.305 e. The third kappa shape index (κ3) is 45.7. The summed E-state index contributed by atoms with van der Waals surface area (Å²) in [5.41, 5.74) is 0. The van der Waals surface area contributed by atoms with Gasteiger partial charge in [0.1, 0.15) is 0 Å². The summed E-state index contributed by atoms with van der Waals surface area (Å²) in [7, 11) is 0. The lowest BCUT2D eigenvalue weighted by Crippen LogP contribution is -2.45. The van der Waals surface area contributed by atoms with Gasteiger partial charge in [0.05, 0.1) is 25.4 Å². The predicted octanol–water partition coefficient (Wildman–Crippen LogP) is 15.5. The molecule has 0 aliphatic carbocycles. The lowest BCUT2D eigenvalue weighted by molar-refractivity contribution is -0.143. The maximum atomic E-state index is 12.4. The Bertz CT molecular complexity index is 920. The van der Waals surface area contributed by atoms with E-state index in [0.29, 0.717) is 25.9 Å². The summed E-state index contributed by atoms with van der Waals surface area (Å²) in [6.07, 6.45) is 57.2. The summed E-state index contributed by atoms with van der Waals surface area (Å²) >= 11 is 0. The smallest absolute Gasteiger partial charge is 0.305 e. The highest BCUT2D eigenvalue weighted by Crippen LogP contribution is 2.16. The quantitative estimate of drug-likeness (QED) is 0.0322. The molecule has 0 aromatic carbocycles. The van der Waals surface area contributed by atoms with Gasteiger partial charge in [-0.15, -0.1) is 0 Å². The van der Waals surface area contributed by atoms with Crippen LogP contribution in [-0.2, 0) is 14.3 Å². The summed E-state index contributed by atoms with van der Waals surface area (Å²) < 4.78 is 5.45. The van der Waals surface area contributed by atoms with Crippen molar-refractivity contribution in [1.82, 2.24) is 5.32 Å². The number of nitrogens with one attached hydrogen (secondary N) is 1. The molecule has 0 fully saturated rings. The molecule has 2 unspecified atom stereocenters. The van der Waals surface area contributed by atoms with E-state index in [2.05, 4.69) is 43.5 Å². The molecule has 2 atom stereocenters. The molecule has 0 heterocycles. The zero-order valence-corrected chi connectivity index (χ0v) is 39.5. The normalized spacial score (nSPS) is 12.8. The van der Waals surface area contributed by atoms with Crippen LogP contribution in [0.5, 0.6) is 0 Å². The van der Waals surface area contributed by atoms with Crippen molar-refractivity contribution in [2.24, 2.45) is 0 Å². The Morgan fingerprint density at radius 3 is 1.22 bits per heavy atom. The van der Waals surface area contributed by atoms with Gasteiger partial charge in [0.15, 0.2) is 0 Å². The molecular weight excluding hydrogens is 731 g/mol. The standard InChI is InChI=1S/C53H101NO5/c1-3-5-7-9-11-13-15-22-27-31-35-39-43-47-53(58)59-48-44-40-36-32-28-24-21-19-17-18-20-23-26-30-34-38-42-46-52(57)54-50(49-55)51(56)45-41-37-33-29-25-16-14-12-10-8-6-4-2/h13,15,17,19,50-51,55-56H,3-12,14,16,18,20-49H2,1-2H3,(H,54,57)/b15-13-,19-17-. The number of rotatable bonds is 48. The van der Waals surface area contributed by atoms with Crippen LogP contribution < -0.4 is 5.32 Å². The van der Waals surface area contributed by atoms with Crippen LogP contribution in [0.25, 0.3) is 0 Å². The van der Waals surface area contributed by atoms with Crippen molar-refractivity contribution in [3.05, 3.63) is 24.3 Å². The molecule has 0 aliphatic rings. The highest BCUT2D eigenvalue weighted by molar-refractivity contribution is 5.76. The summed E-state index contributed by atoms with van der Waals surface area (Å²) in [4.78, 5) is 24.4. The Morgan fingerprint density at radius 2 is 0.797 bits per heavy atom. The molecule has 0 saturated heterocycles. The summed E-state index contributed by atoms with van der Waals surface area (Å²) in [6, 6.07) is -0.549. The zero-order chi connectivity index (χ0) is 43.0. The number of hydrogen-bond donors (Lipinski definition) is 3. The fraction of sp³-hybridized carbons (Fsp3) is 0.887. The molecule has 0 radical (unpaired) electrons. The fourth-order valence-electron chi connectivity index (χ4n) is 7.92. The topological polar surface area (TPSA) is 95.9 Å². The second-order valence-electron chi connectivity index (χ2n) is 17.8. The minimum absolute atomic E-state index is 0.0114. The van der Waals surface area contributed by atoms with Gasteiger partial charge in [0, 0.05) is 12.8 Å². The van der Waals surface area contributed by atoms with E-state index in [9.17, 15) is 19.8 Å². The number of aliphatic hydroxyl groups excluding tert-OH is 2. The molecule has 0 aliphatic heterocycles. The molecule has 3 N–H and O–H groups in total. The summed E-state index contributed by atoms with van der Waals surface area (Å²) in [5, 5.41) is 23.2. The molecule has 348 valence electrons. The molecular formula is C53H101NO5. The van der Waals surface area contributed by atoms with Crippen molar-refractivity contribution in [3.63, 3.8) is 0 Å². The van der Waals surface area contributed by atoms with Gasteiger partial charge in [-0.3, -0.25) is 9.59 Å². The molecule has 0 bridgehead atoms. The third-order valence-electron chi connectivity index (χ3n) is 12.0. The highest BCUT2D eigenvalue weighted by atomic mass is 16.5. The van der Waals surface area contributed by atoms with Crippen molar-refractivity contribution in [2.45, 2.75) is 289 Å². The molecule has 59 heavy (non-hydrogen) atoms. The van der Waals surface area contributed by atoms with Crippen molar-refractivity contribution >= 4 is 11.9 Å². The van der Waals surface area contributed by atoms with Crippen LogP contribution in [0.2, 0.25) is 0 Å². The molecule has 0 rings (SSSR count). The van der Waals surface area contributed by atoms with Crippen LogP contribution in [0.4, 0.5) is 0 Å². The van der Waals surface area contributed by atoms with Crippen LogP contribution in [0, 0.1) is 0 Å². The van der Waals surface area contributed by atoms with E-state index in [-0.39, 0.29) is 18.5 Å². The van der Waals surface area contributed by atoms with Gasteiger partial charge in [-0.2, -0.15) is 0 Å². The number of aliphatic hydroxyl groups is 2. The first-order chi connectivity index (χ1) is 29.0. The van der Waals surface area contributed by atoms with Crippen molar-refractivity contribution in [2.75, 3.05) is 13.2 Å². The number of amides is 1. The Balaban J connectivity index is 3.46. The van der Waals surface area contributed by atoms with E-state index in [1.165, 1.54) is 186 Å². The highest BCUT2D eigenvalue weighted by Gasteiger charge is 2.20. The second kappa shape index (κ2) is 49.0. The van der Waals surface area contributed by atoms with E-state index >= 15 is 0 Å². The van der Waals surface area contributed by atoms with Gasteiger partial charge in [-0.25, -0.2) is 0 Å². The average Bonchev–Trinajstić information content (AvgIpc) is 3.24. The van der Waals surface area contributed by atoms with Gasteiger partial charge in [-0.1, -0.05) is 212 Å². The summed E-state index contributed by atoms with van der Waals surface area (Å²) in [5.74, 6) is -0.0594. The number of ether oxygens (including phenoxy) is 1. The number of carbonyl (C=O) groups excluding carboxylic acids is 2. The van der Waals surface area contributed by atoms with Gasteiger partial charge in [0.25, 0.3) is 0 Å². The van der Waals surface area contributed by atoms with Crippen molar-refractivity contribution in [3.8, 4) is 0 Å². The van der Waals surface area contributed by atoms with E-state index in [1.807, 2.05) is 0 Å². The lowest BCUT2D eigenvalue weighted by atomic mass is 10.0. The Labute approximate surface area is 367 Å². The summed E-state index contributed by atoms with van der Waals surface area (Å²) in [6.45, 7) is 4.90. The molecule has 1 amide bonds. The maximum absolute atomic E-state index is 12.4. The van der Waals surface area contributed by atoms with E-state index in [0.717, 1.165) is 57.8 Å². The number of carbonyl (C=O) groups is 2. The molecule has 0 saturated carbocycles. The van der Waals surface area contributed by atoms with Crippen LogP contribution in [-0.4, -0.2) is 47.4 Å². The molecule has 6 nitrogen and oxygen atoms in total. The van der Waals surface area contributed by atoms with Crippen molar-refractivity contribution < 1.29 is 24.5 Å². The van der Waals surface area contributed by atoms with Gasteiger partial charge >= 0.3 is 5.97 Å². The van der Waals surface area contributed by atoms with Crippen LogP contribution >= 0.6 is 0 Å². The van der Waals surface area contributed by atoms with Gasteiger partial charge in [0.2, 0.25) is 5.91 Å². The zero-order valence-electron chi connectivity index (χ0n) is 39.5. The van der Waals surface area contributed by atoms with Crippen LogP contribution in [0.3, 0.4) is 0 Å². The number of esters is 1. The largest absolute Gasteiger partial charge is 0.466 e. The molecule has 0 spiro atoms. The third-order valence-corrected chi connectivity index (χ3v) is 12.0. The Morgan fingerprint density at radius 1 is 0.458 bits per heavy atom. The van der Waals surface area contributed by atoms with Gasteiger partial charge < -0.3 is 20.3 Å². The Kier molecular flexibility index (Phi) is 47.6. The second-order valence-corrected chi connectivity index (χ2v) is 17.8. The predicted molar refractivity (Wildman–Crippen MR) is 255 cm³/mol. The first-order valence-electron chi connectivity index (χ1n) is 26.1. The average molecular weight is 832 g/mol. The van der Waals surface area contributed by atoms with E-state index in [4.69, 9.17) is 4.74 Å².